The van der Waals surface area contributed by atoms with Gasteiger partial charge in [-0.2, -0.15) is 0 Å². The standard InChI is InChI=1S/C17H22N4S/c1-13-8-11-22-16(13)12-20-17(21-15-5-6-15)19-10-7-14-4-2-3-9-18-14/h2-4,8-9,11,15H,5-7,10,12H2,1H3,(H2,19,20,21). The Kier molecular flexibility index (Phi) is 5.06. The molecule has 0 saturated heterocycles. The van der Waals surface area contributed by atoms with Crippen molar-refractivity contribution in [1.82, 2.24) is 15.6 Å². The van der Waals surface area contributed by atoms with Crippen molar-refractivity contribution in [3.05, 3.63) is 52.0 Å². The predicted molar refractivity (Wildman–Crippen MR) is 92.3 cm³/mol. The number of hydrogen-bond donors (Lipinski definition) is 2. The minimum absolute atomic E-state index is 0.602. The number of pyridine rings is 1. The summed E-state index contributed by atoms with van der Waals surface area (Å²) in [4.78, 5) is 10.4. The van der Waals surface area contributed by atoms with Gasteiger partial charge in [-0.15, -0.1) is 11.3 Å². The summed E-state index contributed by atoms with van der Waals surface area (Å²) in [5, 5.41) is 9.03. The van der Waals surface area contributed by atoms with Crippen LogP contribution in [-0.4, -0.2) is 23.5 Å². The molecule has 0 radical (unpaired) electrons. The van der Waals surface area contributed by atoms with Gasteiger partial charge in [0.25, 0.3) is 0 Å². The molecule has 0 aromatic carbocycles. The van der Waals surface area contributed by atoms with Crippen LogP contribution in [0.3, 0.4) is 0 Å². The minimum atomic E-state index is 0.602. The van der Waals surface area contributed by atoms with Gasteiger partial charge in [0.15, 0.2) is 5.96 Å². The van der Waals surface area contributed by atoms with Crippen LogP contribution in [0.1, 0.15) is 29.0 Å². The number of thiophene rings is 1. The van der Waals surface area contributed by atoms with E-state index >= 15 is 0 Å². The van der Waals surface area contributed by atoms with Crippen LogP contribution in [0.25, 0.3) is 0 Å². The third-order valence-electron chi connectivity index (χ3n) is 3.67. The number of aryl methyl sites for hydroxylation is 1. The van der Waals surface area contributed by atoms with Crippen molar-refractivity contribution in [1.29, 1.82) is 0 Å². The predicted octanol–water partition coefficient (Wildman–Crippen LogP) is 2.89. The van der Waals surface area contributed by atoms with Crippen LogP contribution < -0.4 is 10.6 Å². The molecule has 1 saturated carbocycles. The highest BCUT2D eigenvalue weighted by Crippen LogP contribution is 2.19. The second-order valence-corrected chi connectivity index (χ2v) is 6.61. The largest absolute Gasteiger partial charge is 0.356 e. The van der Waals surface area contributed by atoms with E-state index in [1.165, 1.54) is 23.3 Å². The first-order chi connectivity index (χ1) is 10.8. The van der Waals surface area contributed by atoms with Crippen molar-refractivity contribution in [2.45, 2.75) is 38.8 Å². The van der Waals surface area contributed by atoms with E-state index in [1.54, 1.807) is 11.3 Å². The molecule has 116 valence electrons. The van der Waals surface area contributed by atoms with E-state index < -0.39 is 0 Å². The molecule has 2 aromatic heterocycles. The third kappa shape index (κ3) is 4.56. The second-order valence-electron chi connectivity index (χ2n) is 5.61. The molecule has 0 amide bonds. The van der Waals surface area contributed by atoms with Crippen molar-refractivity contribution in [3.8, 4) is 0 Å². The number of aliphatic imine (C=N–C) groups is 1. The fourth-order valence-corrected chi connectivity index (χ4v) is 2.97. The van der Waals surface area contributed by atoms with E-state index in [9.17, 15) is 0 Å². The van der Waals surface area contributed by atoms with Crippen LogP contribution in [-0.2, 0) is 13.0 Å². The summed E-state index contributed by atoms with van der Waals surface area (Å²) in [5.74, 6) is 0.922. The smallest absolute Gasteiger partial charge is 0.191 e. The lowest BCUT2D eigenvalue weighted by atomic mass is 10.3. The molecule has 22 heavy (non-hydrogen) atoms. The highest BCUT2D eigenvalue weighted by atomic mass is 32.1. The maximum Gasteiger partial charge on any atom is 0.191 e. The average Bonchev–Trinajstić information content (AvgIpc) is 3.26. The zero-order valence-corrected chi connectivity index (χ0v) is 13.7. The Balaban J connectivity index is 1.53. The topological polar surface area (TPSA) is 49.3 Å². The third-order valence-corrected chi connectivity index (χ3v) is 4.67. The van der Waals surface area contributed by atoms with Crippen molar-refractivity contribution < 1.29 is 0 Å². The minimum Gasteiger partial charge on any atom is -0.356 e. The molecule has 1 aliphatic carbocycles. The lowest BCUT2D eigenvalue weighted by Gasteiger charge is -2.11. The van der Waals surface area contributed by atoms with Gasteiger partial charge in [0.2, 0.25) is 0 Å². The van der Waals surface area contributed by atoms with Crippen molar-refractivity contribution >= 4 is 17.3 Å². The summed E-state index contributed by atoms with van der Waals surface area (Å²) < 4.78 is 0. The van der Waals surface area contributed by atoms with Gasteiger partial charge in [0.05, 0.1) is 6.54 Å². The van der Waals surface area contributed by atoms with Crippen LogP contribution in [0, 0.1) is 6.92 Å². The summed E-state index contributed by atoms with van der Waals surface area (Å²) in [6, 6.07) is 8.78. The number of nitrogens with one attached hydrogen (secondary N) is 2. The molecule has 0 aliphatic heterocycles. The Bertz CT molecular complexity index is 617. The normalized spacial score (nSPS) is 14.9. The summed E-state index contributed by atoms with van der Waals surface area (Å²) in [7, 11) is 0. The van der Waals surface area contributed by atoms with Crippen LogP contribution in [0.4, 0.5) is 0 Å². The lowest BCUT2D eigenvalue weighted by molar-refractivity contribution is 0.774. The number of hydrogen-bond acceptors (Lipinski definition) is 3. The van der Waals surface area contributed by atoms with Gasteiger partial charge >= 0.3 is 0 Å². The number of aromatic nitrogens is 1. The molecule has 1 aliphatic rings. The lowest BCUT2D eigenvalue weighted by Crippen LogP contribution is -2.39. The Morgan fingerprint density at radius 1 is 1.36 bits per heavy atom. The van der Waals surface area contributed by atoms with E-state index in [2.05, 4.69) is 40.1 Å². The van der Waals surface area contributed by atoms with Crippen molar-refractivity contribution in [3.63, 3.8) is 0 Å². The highest BCUT2D eigenvalue weighted by Gasteiger charge is 2.22. The first-order valence-corrected chi connectivity index (χ1v) is 8.67. The van der Waals surface area contributed by atoms with Crippen LogP contribution in [0.5, 0.6) is 0 Å². The van der Waals surface area contributed by atoms with Crippen molar-refractivity contribution in [2.75, 3.05) is 6.54 Å². The fraction of sp³-hybridized carbons (Fsp3) is 0.412. The first kappa shape index (κ1) is 15.0. The van der Waals surface area contributed by atoms with Crippen LogP contribution in [0.2, 0.25) is 0 Å². The Hall–Kier alpha value is -1.88. The molecule has 0 bridgehead atoms. The average molecular weight is 314 g/mol. The van der Waals surface area contributed by atoms with Crippen molar-refractivity contribution in [2.24, 2.45) is 4.99 Å². The molecule has 0 atom stereocenters. The van der Waals surface area contributed by atoms with E-state index in [-0.39, 0.29) is 0 Å². The van der Waals surface area contributed by atoms with Gasteiger partial charge in [-0.25, -0.2) is 4.99 Å². The van der Waals surface area contributed by atoms with Gasteiger partial charge in [-0.1, -0.05) is 6.07 Å². The molecule has 0 spiro atoms. The van der Waals surface area contributed by atoms with E-state index in [0.29, 0.717) is 6.04 Å². The van der Waals surface area contributed by atoms with E-state index in [1.807, 2.05) is 18.3 Å². The molecule has 3 rings (SSSR count). The molecular weight excluding hydrogens is 292 g/mol. The molecule has 2 heterocycles. The molecule has 2 N–H and O–H groups in total. The highest BCUT2D eigenvalue weighted by molar-refractivity contribution is 7.10. The van der Waals surface area contributed by atoms with Gasteiger partial charge in [-0.05, 0) is 48.9 Å². The SMILES string of the molecule is Cc1ccsc1CN=C(NCCc1ccccn1)NC1CC1. The summed E-state index contributed by atoms with van der Waals surface area (Å²) in [6.45, 7) is 3.73. The van der Waals surface area contributed by atoms with E-state index in [0.717, 1.165) is 31.2 Å². The first-order valence-electron chi connectivity index (χ1n) is 7.79. The van der Waals surface area contributed by atoms with E-state index in [4.69, 9.17) is 4.99 Å². The zero-order valence-electron chi connectivity index (χ0n) is 12.9. The number of rotatable bonds is 6. The molecule has 0 unspecified atom stereocenters. The summed E-state index contributed by atoms with van der Waals surface area (Å²) in [6.07, 6.45) is 5.24. The maximum absolute atomic E-state index is 4.72. The Morgan fingerprint density at radius 3 is 2.95 bits per heavy atom. The molecule has 2 aromatic rings. The van der Waals surface area contributed by atoms with Gasteiger partial charge in [0.1, 0.15) is 0 Å². The van der Waals surface area contributed by atoms with Gasteiger partial charge in [0, 0.05) is 35.8 Å². The molecule has 1 fully saturated rings. The summed E-state index contributed by atoms with van der Waals surface area (Å²) in [5.41, 5.74) is 2.43. The summed E-state index contributed by atoms with van der Waals surface area (Å²) >= 11 is 1.77. The quantitative estimate of drug-likeness (QED) is 0.637. The Labute approximate surface area is 135 Å². The molecular formula is C17H22N4S. The van der Waals surface area contributed by atoms with Gasteiger partial charge < -0.3 is 10.6 Å². The monoisotopic (exact) mass is 314 g/mol. The maximum atomic E-state index is 4.72. The fourth-order valence-electron chi connectivity index (χ4n) is 2.15. The Morgan fingerprint density at radius 2 is 2.27 bits per heavy atom. The number of nitrogens with zero attached hydrogens (tertiary/aromatic N) is 2. The molecule has 5 heteroatoms. The van der Waals surface area contributed by atoms with Crippen LogP contribution >= 0.6 is 11.3 Å². The zero-order chi connectivity index (χ0) is 15.2. The van der Waals surface area contributed by atoms with Crippen LogP contribution in [0.15, 0.2) is 40.8 Å². The number of guanidine groups is 1. The van der Waals surface area contributed by atoms with Gasteiger partial charge in [-0.3, -0.25) is 4.98 Å². The molecule has 4 nitrogen and oxygen atoms in total. The second kappa shape index (κ2) is 7.40.